The summed E-state index contributed by atoms with van der Waals surface area (Å²) in [5, 5.41) is 9.65. The van der Waals surface area contributed by atoms with Crippen LogP contribution in [0.1, 0.15) is 8.30 Å². The Morgan fingerprint density at radius 3 is 3.02 bits per heavy atom. The molecule has 14 heteroatoms. The highest BCUT2D eigenvalue weighted by Gasteiger charge is 2.35. The van der Waals surface area contributed by atoms with Gasteiger partial charge in [-0.05, 0) is 31.7 Å². The van der Waals surface area contributed by atoms with E-state index in [2.05, 4.69) is 30.7 Å². The van der Waals surface area contributed by atoms with Crippen molar-refractivity contribution >= 4 is 39.9 Å². The average molecular weight is 599 g/mol. The molecule has 6 heterocycles. The number of nitrogens with one attached hydrogen (secondary N) is 2. The van der Waals surface area contributed by atoms with Crippen LogP contribution in [0.15, 0.2) is 61.3 Å². The van der Waals surface area contributed by atoms with E-state index in [-0.39, 0.29) is 24.2 Å². The van der Waals surface area contributed by atoms with Crippen LogP contribution in [0.3, 0.4) is 0 Å². The van der Waals surface area contributed by atoms with E-state index in [4.69, 9.17) is 17.2 Å². The summed E-state index contributed by atoms with van der Waals surface area (Å²) in [6.07, 6.45) is 6.98. The van der Waals surface area contributed by atoms with E-state index < -0.39 is 12.3 Å². The Kier molecular flexibility index (Phi) is 6.50. The van der Waals surface area contributed by atoms with Gasteiger partial charge in [0.05, 0.1) is 17.2 Å². The molecule has 2 bridgehead atoms. The van der Waals surface area contributed by atoms with Crippen LogP contribution in [0.5, 0.6) is 17.2 Å². The molecule has 2 aliphatic rings. The number of benzene rings is 1. The molecule has 44 heavy (non-hydrogen) atoms. The third-order valence-electron chi connectivity index (χ3n) is 7.50. The molecule has 1 amide bonds. The number of ether oxygens (including phenoxy) is 2. The highest BCUT2D eigenvalue weighted by molar-refractivity contribution is 5.91. The minimum absolute atomic E-state index is 0.189. The second kappa shape index (κ2) is 11.4. The summed E-state index contributed by atoms with van der Waals surface area (Å²) < 4.78 is 44.7. The van der Waals surface area contributed by atoms with Crippen LogP contribution in [0, 0.1) is 12.7 Å². The number of fused-ring (bicyclic) bond motifs is 6. The highest BCUT2D eigenvalue weighted by atomic mass is 19.1. The van der Waals surface area contributed by atoms with E-state index in [0.29, 0.717) is 70.8 Å². The Bertz CT molecular complexity index is 2010. The Hall–Kier alpha value is -5.37. The van der Waals surface area contributed by atoms with Crippen molar-refractivity contribution in [3.05, 3.63) is 72.7 Å². The monoisotopic (exact) mass is 598 g/mol. The van der Waals surface area contributed by atoms with Crippen molar-refractivity contribution in [1.29, 1.82) is 0 Å². The number of hydrogen-bond donors (Lipinski definition) is 2. The van der Waals surface area contributed by atoms with Gasteiger partial charge in [0.2, 0.25) is 5.91 Å². The summed E-state index contributed by atoms with van der Waals surface area (Å²) in [7, 11) is 1.48. The van der Waals surface area contributed by atoms with Gasteiger partial charge >= 0.3 is 0 Å². The largest absolute Gasteiger partial charge is 0.487 e. The molecular formula is C30H29FN10O3. The number of likely N-dealkylation sites (N-methyl/N-ethyl adjacent to an activating group) is 1. The fraction of sp³-hybridized carbons (Fsp3) is 0.267. The molecule has 0 unspecified atom stereocenters. The van der Waals surface area contributed by atoms with Crippen molar-refractivity contribution in [3.63, 3.8) is 0 Å². The van der Waals surface area contributed by atoms with Gasteiger partial charge in [0.1, 0.15) is 42.1 Å². The van der Waals surface area contributed by atoms with Gasteiger partial charge < -0.3 is 29.9 Å². The molecule has 0 aliphatic carbocycles. The maximum atomic E-state index is 15.4. The van der Waals surface area contributed by atoms with Crippen LogP contribution in [0.25, 0.3) is 16.7 Å². The number of aryl methyl sites for hydroxylation is 1. The number of pyridine rings is 2. The number of nitrogens with zero attached hydrogens (tertiary/aromatic N) is 8. The van der Waals surface area contributed by atoms with Crippen LogP contribution >= 0.6 is 0 Å². The predicted octanol–water partition coefficient (Wildman–Crippen LogP) is 3.24. The molecule has 2 aliphatic heterocycles. The number of rotatable bonds is 7. The molecule has 0 saturated carbocycles. The van der Waals surface area contributed by atoms with Gasteiger partial charge in [-0.3, -0.25) is 4.79 Å². The first kappa shape index (κ1) is 25.2. The lowest BCUT2D eigenvalue weighted by molar-refractivity contribution is -0.129. The second-order valence-corrected chi connectivity index (χ2v) is 10.3. The molecule has 13 nitrogen and oxygen atoms in total. The summed E-state index contributed by atoms with van der Waals surface area (Å²) in [5.74, 6) is 1.42. The van der Waals surface area contributed by atoms with E-state index in [1.807, 2.05) is 11.8 Å². The molecule has 0 spiro atoms. The molecule has 2 N–H and O–H groups in total. The quantitative estimate of drug-likeness (QED) is 0.267. The van der Waals surface area contributed by atoms with E-state index in [1.54, 1.807) is 39.9 Å². The first-order valence-electron chi connectivity index (χ1n) is 14.9. The normalized spacial score (nSPS) is 17.2. The fourth-order valence-corrected chi connectivity index (χ4v) is 5.32. The molecule has 5 aromatic rings. The molecule has 4 aromatic heterocycles. The van der Waals surface area contributed by atoms with E-state index in [0.717, 1.165) is 0 Å². The molecule has 7 rings (SSSR count). The van der Waals surface area contributed by atoms with Crippen LogP contribution in [0.4, 0.5) is 21.7 Å². The van der Waals surface area contributed by atoms with Gasteiger partial charge in [-0.2, -0.15) is 5.10 Å². The molecule has 1 saturated heterocycles. The van der Waals surface area contributed by atoms with Crippen molar-refractivity contribution in [2.45, 2.75) is 13.0 Å². The first-order valence-corrected chi connectivity index (χ1v) is 13.9. The standard InChI is InChI=1S/C30H29FN10O3/c1-18-10-22(21(31)12-24(18)44-20-5-7-41-26(11-20)34-17-36-41)37-29-28-23(33-16-35-29)13-25-30(38-28)39-8-9-40(19(14-39)15-43-25)27(42)4-3-6-32-2/h3-5,7,10-13,16-17,19,32H,6,8-9,14-15H2,1-2H3,(H,33,35,37)/b4-3+/t19-/m0/s1/i6D2. The highest BCUT2D eigenvalue weighted by Crippen LogP contribution is 2.37. The number of anilines is 3. The maximum Gasteiger partial charge on any atom is 0.246 e. The number of amides is 1. The molecule has 1 fully saturated rings. The summed E-state index contributed by atoms with van der Waals surface area (Å²) in [6.45, 7) is 1.62. The van der Waals surface area contributed by atoms with E-state index in [1.165, 1.54) is 37.9 Å². The minimum Gasteiger partial charge on any atom is -0.487 e. The topological polar surface area (TPSA) is 135 Å². The lowest BCUT2D eigenvalue weighted by Crippen LogP contribution is -2.56. The third-order valence-corrected chi connectivity index (χ3v) is 7.50. The van der Waals surface area contributed by atoms with Crippen LogP contribution in [-0.2, 0) is 4.79 Å². The van der Waals surface area contributed by atoms with Crippen LogP contribution in [-0.4, -0.2) is 86.2 Å². The average Bonchev–Trinajstić information content (AvgIpc) is 3.47. The van der Waals surface area contributed by atoms with Gasteiger partial charge in [-0.1, -0.05) is 6.08 Å². The van der Waals surface area contributed by atoms with Crippen molar-refractivity contribution in [1.82, 2.24) is 39.8 Å². The summed E-state index contributed by atoms with van der Waals surface area (Å²) >= 11 is 0. The first-order chi connectivity index (χ1) is 22.2. The number of hydrogen-bond acceptors (Lipinski definition) is 11. The molecule has 1 aromatic carbocycles. The Morgan fingerprint density at radius 1 is 1.23 bits per heavy atom. The van der Waals surface area contributed by atoms with Crippen molar-refractivity contribution in [2.75, 3.05) is 50.0 Å². The third kappa shape index (κ3) is 5.19. The number of carbonyl (C=O) groups excluding carboxylic acids is 1. The van der Waals surface area contributed by atoms with Crippen LogP contribution in [0.2, 0.25) is 0 Å². The lowest BCUT2D eigenvalue weighted by Gasteiger charge is -2.39. The maximum absolute atomic E-state index is 15.4. The van der Waals surface area contributed by atoms with Gasteiger partial charge in [0, 0.05) is 59.3 Å². The predicted molar refractivity (Wildman–Crippen MR) is 161 cm³/mol. The van der Waals surface area contributed by atoms with Crippen molar-refractivity contribution < 1.29 is 21.4 Å². The zero-order chi connectivity index (χ0) is 32.0. The van der Waals surface area contributed by atoms with Gasteiger partial charge in [0.25, 0.3) is 0 Å². The SMILES string of the molecule is [2H]C([2H])(/C=C/C(=O)N1CCN2C[C@H]1COc1cc3ncnc(Nc4cc(C)c(Oc5ccn6ncnc6c5)cc4F)c3nc12)NC. The van der Waals surface area contributed by atoms with Gasteiger partial charge in [0.15, 0.2) is 23.0 Å². The molecule has 1 atom stereocenters. The zero-order valence-electron chi connectivity index (χ0n) is 25.9. The van der Waals surface area contributed by atoms with E-state index >= 15 is 4.39 Å². The van der Waals surface area contributed by atoms with Crippen molar-refractivity contribution in [3.8, 4) is 17.2 Å². The fourth-order valence-electron chi connectivity index (χ4n) is 5.32. The molecule has 0 radical (unpaired) electrons. The number of piperazine rings is 1. The van der Waals surface area contributed by atoms with Gasteiger partial charge in [-0.25, -0.2) is 28.8 Å². The van der Waals surface area contributed by atoms with E-state index in [9.17, 15) is 4.79 Å². The summed E-state index contributed by atoms with van der Waals surface area (Å²) in [4.78, 5) is 34.4. The summed E-state index contributed by atoms with van der Waals surface area (Å²) in [6, 6.07) is 7.88. The summed E-state index contributed by atoms with van der Waals surface area (Å²) in [5.41, 5.74) is 2.41. The molecule has 224 valence electrons. The minimum atomic E-state index is -1.80. The van der Waals surface area contributed by atoms with Crippen LogP contribution < -0.4 is 25.0 Å². The number of carbonyl (C=O) groups is 1. The smallest absolute Gasteiger partial charge is 0.246 e. The number of halogens is 1. The lowest BCUT2D eigenvalue weighted by atomic mass is 10.1. The Morgan fingerprint density at radius 2 is 2.14 bits per heavy atom. The zero-order valence-corrected chi connectivity index (χ0v) is 23.9. The second-order valence-electron chi connectivity index (χ2n) is 10.3. The van der Waals surface area contributed by atoms with Crippen molar-refractivity contribution in [2.24, 2.45) is 0 Å². The molecular weight excluding hydrogens is 567 g/mol. The Balaban J connectivity index is 1.12. The number of aromatic nitrogens is 6. The Labute approximate surface area is 254 Å². The van der Waals surface area contributed by atoms with Gasteiger partial charge in [-0.15, -0.1) is 0 Å².